The average Bonchev–Trinajstić information content (AvgIpc) is 3.26. The van der Waals surface area contributed by atoms with E-state index < -0.39 is 12.0 Å². The van der Waals surface area contributed by atoms with E-state index in [1.54, 1.807) is 24.3 Å². The van der Waals surface area contributed by atoms with Crippen molar-refractivity contribution in [1.29, 1.82) is 0 Å². The van der Waals surface area contributed by atoms with Gasteiger partial charge in [0, 0.05) is 5.56 Å². The second-order valence-electron chi connectivity index (χ2n) is 6.73. The van der Waals surface area contributed by atoms with Gasteiger partial charge in [0.05, 0.1) is 19.8 Å². The lowest BCUT2D eigenvalue weighted by Gasteiger charge is -2.28. The molecule has 9 heteroatoms. The average molecular weight is 405 g/mol. The number of anilines is 1. The minimum atomic E-state index is -0.718. The summed E-state index contributed by atoms with van der Waals surface area (Å²) < 4.78 is 11.7. The van der Waals surface area contributed by atoms with Crippen LogP contribution in [0.15, 0.2) is 59.8 Å². The number of carbonyl (C=O) groups is 2. The number of nitrogens with zero attached hydrogens (tertiary/aromatic N) is 4. The summed E-state index contributed by atoms with van der Waals surface area (Å²) in [5.74, 6) is -0.288. The number of Topliss-reactive ketones (excluding diaryl/α,β-unsaturated/α-hetero) is 1. The molecule has 0 amide bonds. The standard InChI is InChI=1S/C21H19N5O4/c1-12-7-9-13(10-8-12)18-16(19(27)14-5-4-6-15(11-14)29-2)17(20(28)30-3)22-21-23-24-25-26(18)21/h4-11,18H,1-3H3,(H,22,23,25)/t18-/m0/s1. The summed E-state index contributed by atoms with van der Waals surface area (Å²) in [6.45, 7) is 1.96. The second-order valence-corrected chi connectivity index (χ2v) is 6.73. The number of carbonyl (C=O) groups excluding carboxylic acids is 2. The van der Waals surface area contributed by atoms with Gasteiger partial charge in [0.15, 0.2) is 5.78 Å². The van der Waals surface area contributed by atoms with Crippen molar-refractivity contribution in [3.63, 3.8) is 0 Å². The van der Waals surface area contributed by atoms with E-state index in [0.717, 1.165) is 11.1 Å². The van der Waals surface area contributed by atoms with Crippen LogP contribution in [0.5, 0.6) is 5.75 Å². The highest BCUT2D eigenvalue weighted by molar-refractivity contribution is 6.15. The molecular weight excluding hydrogens is 386 g/mol. The Morgan fingerprint density at radius 3 is 2.57 bits per heavy atom. The molecule has 0 bridgehead atoms. The van der Waals surface area contributed by atoms with E-state index >= 15 is 0 Å². The van der Waals surface area contributed by atoms with E-state index in [9.17, 15) is 9.59 Å². The molecule has 0 aliphatic carbocycles. The van der Waals surface area contributed by atoms with E-state index in [1.165, 1.54) is 18.9 Å². The Balaban J connectivity index is 1.94. The Hall–Kier alpha value is -4.01. The van der Waals surface area contributed by atoms with Gasteiger partial charge in [0.2, 0.25) is 5.95 Å². The Labute approximate surface area is 172 Å². The van der Waals surface area contributed by atoms with Crippen LogP contribution in [0, 0.1) is 6.92 Å². The molecule has 1 aromatic heterocycles. The third-order valence-corrected chi connectivity index (χ3v) is 4.88. The van der Waals surface area contributed by atoms with Gasteiger partial charge in [-0.3, -0.25) is 4.79 Å². The van der Waals surface area contributed by atoms with Gasteiger partial charge in [-0.25, -0.2) is 4.79 Å². The largest absolute Gasteiger partial charge is 0.497 e. The molecule has 0 radical (unpaired) electrons. The van der Waals surface area contributed by atoms with Crippen LogP contribution in [0.4, 0.5) is 5.95 Å². The summed E-state index contributed by atoms with van der Waals surface area (Å²) >= 11 is 0. The number of tetrazole rings is 1. The summed E-state index contributed by atoms with van der Waals surface area (Å²) in [5, 5.41) is 14.5. The molecule has 4 rings (SSSR count). The van der Waals surface area contributed by atoms with Gasteiger partial charge in [0.25, 0.3) is 0 Å². The highest BCUT2D eigenvalue weighted by atomic mass is 16.5. The van der Waals surface area contributed by atoms with Crippen molar-refractivity contribution in [2.24, 2.45) is 0 Å². The van der Waals surface area contributed by atoms with Crippen LogP contribution in [0.3, 0.4) is 0 Å². The Kier molecular flexibility index (Phi) is 5.01. The molecule has 0 unspecified atom stereocenters. The van der Waals surface area contributed by atoms with Gasteiger partial charge in [-0.2, -0.15) is 4.68 Å². The normalized spacial score (nSPS) is 15.2. The van der Waals surface area contributed by atoms with E-state index in [0.29, 0.717) is 11.3 Å². The van der Waals surface area contributed by atoms with Crippen molar-refractivity contribution in [1.82, 2.24) is 20.2 Å². The van der Waals surface area contributed by atoms with Crippen LogP contribution in [0.25, 0.3) is 0 Å². The number of methoxy groups -OCH3 is 2. The lowest BCUT2D eigenvalue weighted by molar-refractivity contribution is -0.136. The minimum absolute atomic E-state index is 0.00167. The molecule has 1 N–H and O–H groups in total. The molecular formula is C21H19N5O4. The summed E-state index contributed by atoms with van der Waals surface area (Å²) in [4.78, 5) is 26.2. The molecule has 152 valence electrons. The minimum Gasteiger partial charge on any atom is -0.497 e. The number of aryl methyl sites for hydroxylation is 1. The number of allylic oxidation sites excluding steroid dienone is 1. The van der Waals surface area contributed by atoms with E-state index in [2.05, 4.69) is 20.8 Å². The van der Waals surface area contributed by atoms with Crippen LogP contribution in [-0.4, -0.2) is 46.2 Å². The topological polar surface area (TPSA) is 108 Å². The van der Waals surface area contributed by atoms with Gasteiger partial charge in [0.1, 0.15) is 17.5 Å². The highest BCUT2D eigenvalue weighted by Crippen LogP contribution is 2.37. The fourth-order valence-electron chi connectivity index (χ4n) is 3.37. The Bertz CT molecular complexity index is 1150. The third kappa shape index (κ3) is 3.30. The lowest BCUT2D eigenvalue weighted by atomic mass is 9.89. The molecule has 30 heavy (non-hydrogen) atoms. The number of nitrogens with one attached hydrogen (secondary N) is 1. The van der Waals surface area contributed by atoms with Crippen molar-refractivity contribution in [3.05, 3.63) is 76.5 Å². The predicted molar refractivity (Wildman–Crippen MR) is 107 cm³/mol. The maximum absolute atomic E-state index is 13.6. The number of esters is 1. The Morgan fingerprint density at radius 2 is 1.87 bits per heavy atom. The van der Waals surface area contributed by atoms with Crippen molar-refractivity contribution in [2.45, 2.75) is 13.0 Å². The molecule has 1 aliphatic heterocycles. The van der Waals surface area contributed by atoms with Gasteiger partial charge in [-0.05, 0) is 35.0 Å². The zero-order chi connectivity index (χ0) is 21.3. The summed E-state index contributed by atoms with van der Waals surface area (Å²) in [5.41, 5.74) is 2.35. The summed E-state index contributed by atoms with van der Waals surface area (Å²) in [6, 6.07) is 13.6. The lowest BCUT2D eigenvalue weighted by Crippen LogP contribution is -2.33. The quantitative estimate of drug-likeness (QED) is 0.509. The first-order valence-electron chi connectivity index (χ1n) is 9.16. The SMILES string of the molecule is COC(=O)C1=C(C(=O)c2cccc(OC)c2)[C@H](c2ccc(C)cc2)n2nnnc2N1. The summed E-state index contributed by atoms with van der Waals surface area (Å²) in [6.07, 6.45) is 0. The highest BCUT2D eigenvalue weighted by Gasteiger charge is 2.38. The maximum atomic E-state index is 13.6. The third-order valence-electron chi connectivity index (χ3n) is 4.88. The van der Waals surface area contributed by atoms with Crippen LogP contribution >= 0.6 is 0 Å². The van der Waals surface area contributed by atoms with E-state index in [-0.39, 0.29) is 23.0 Å². The first-order chi connectivity index (χ1) is 14.5. The number of hydrogen-bond acceptors (Lipinski definition) is 8. The molecule has 2 aromatic carbocycles. The van der Waals surface area contributed by atoms with Crippen molar-refractivity contribution < 1.29 is 19.1 Å². The maximum Gasteiger partial charge on any atom is 0.355 e. The number of ketones is 1. The number of benzene rings is 2. The van der Waals surface area contributed by atoms with Crippen molar-refractivity contribution in [2.75, 3.05) is 19.5 Å². The molecule has 3 aromatic rings. The molecule has 0 saturated heterocycles. The molecule has 2 heterocycles. The Morgan fingerprint density at radius 1 is 1.10 bits per heavy atom. The first kappa shape index (κ1) is 19.3. The van der Waals surface area contributed by atoms with Crippen LogP contribution in [0.1, 0.15) is 27.5 Å². The monoisotopic (exact) mass is 405 g/mol. The number of rotatable bonds is 5. The van der Waals surface area contributed by atoms with Crippen LogP contribution in [-0.2, 0) is 9.53 Å². The molecule has 0 saturated carbocycles. The van der Waals surface area contributed by atoms with Gasteiger partial charge < -0.3 is 14.8 Å². The number of fused-ring (bicyclic) bond motifs is 1. The van der Waals surface area contributed by atoms with Gasteiger partial charge in [-0.15, -0.1) is 0 Å². The number of hydrogen-bond donors (Lipinski definition) is 1. The van der Waals surface area contributed by atoms with Gasteiger partial charge >= 0.3 is 5.97 Å². The molecule has 1 atom stereocenters. The second kappa shape index (κ2) is 7.78. The van der Waals surface area contributed by atoms with Crippen LogP contribution < -0.4 is 10.1 Å². The van der Waals surface area contributed by atoms with E-state index in [1.807, 2.05) is 31.2 Å². The van der Waals surface area contributed by atoms with Crippen molar-refractivity contribution in [3.8, 4) is 5.75 Å². The first-order valence-corrected chi connectivity index (χ1v) is 9.16. The molecule has 0 spiro atoms. The smallest absolute Gasteiger partial charge is 0.355 e. The van der Waals surface area contributed by atoms with Crippen molar-refractivity contribution >= 4 is 17.7 Å². The molecule has 1 aliphatic rings. The van der Waals surface area contributed by atoms with Gasteiger partial charge in [-0.1, -0.05) is 47.1 Å². The number of ether oxygens (including phenoxy) is 2. The molecule has 0 fully saturated rings. The molecule has 9 nitrogen and oxygen atoms in total. The fourth-order valence-corrected chi connectivity index (χ4v) is 3.37. The number of aromatic nitrogens is 4. The zero-order valence-corrected chi connectivity index (χ0v) is 16.6. The predicted octanol–water partition coefficient (Wildman–Crippen LogP) is 2.32. The van der Waals surface area contributed by atoms with Crippen LogP contribution in [0.2, 0.25) is 0 Å². The zero-order valence-electron chi connectivity index (χ0n) is 16.6. The van der Waals surface area contributed by atoms with E-state index in [4.69, 9.17) is 9.47 Å². The summed E-state index contributed by atoms with van der Waals surface area (Å²) in [7, 11) is 2.77. The fraction of sp³-hybridized carbons (Fsp3) is 0.190.